The molecule has 2 aromatic carbocycles. The molecule has 0 saturated heterocycles. The Morgan fingerprint density at radius 1 is 1.00 bits per heavy atom. The van der Waals surface area contributed by atoms with Crippen LogP contribution in [0.2, 0.25) is 0 Å². The maximum absolute atomic E-state index is 13.4. The molecule has 0 aliphatic carbocycles. The summed E-state index contributed by atoms with van der Waals surface area (Å²) in [4.78, 5) is 11.8. The first-order valence-corrected chi connectivity index (χ1v) is 9.38. The van der Waals surface area contributed by atoms with E-state index in [1.165, 1.54) is 18.2 Å². The Morgan fingerprint density at radius 3 is 2.19 bits per heavy atom. The van der Waals surface area contributed by atoms with Crippen molar-refractivity contribution < 1.29 is 22.0 Å². The zero-order valence-electron chi connectivity index (χ0n) is 13.8. The number of primary sulfonamides is 1. The van der Waals surface area contributed by atoms with E-state index >= 15 is 0 Å². The number of hydrogen-bond acceptors (Lipinski definition) is 4. The zero-order chi connectivity index (χ0) is 19.2. The lowest BCUT2D eigenvalue weighted by Gasteiger charge is -2.09. The van der Waals surface area contributed by atoms with Gasteiger partial charge in [-0.25, -0.2) is 22.3 Å². The normalized spacial score (nSPS) is 11.2. The average Bonchev–Trinajstić information content (AvgIpc) is 2.57. The predicted octanol–water partition coefficient (Wildman–Crippen LogP) is 1.77. The van der Waals surface area contributed by atoms with Gasteiger partial charge in [-0.15, -0.1) is 0 Å². The van der Waals surface area contributed by atoms with Gasteiger partial charge >= 0.3 is 0 Å². The number of benzene rings is 2. The van der Waals surface area contributed by atoms with E-state index in [9.17, 15) is 22.0 Å². The average molecular weight is 383 g/mol. The number of rotatable bonds is 8. The summed E-state index contributed by atoms with van der Waals surface area (Å²) in [6, 6.07) is 9.57. The van der Waals surface area contributed by atoms with Crippen LogP contribution in [0, 0.1) is 11.6 Å². The molecule has 4 N–H and O–H groups in total. The lowest BCUT2D eigenvalue weighted by atomic mass is 10.1. The Morgan fingerprint density at radius 2 is 1.62 bits per heavy atom. The molecule has 0 spiro atoms. The van der Waals surface area contributed by atoms with E-state index in [2.05, 4.69) is 10.6 Å². The van der Waals surface area contributed by atoms with Crippen molar-refractivity contribution in [2.45, 2.75) is 17.7 Å². The van der Waals surface area contributed by atoms with Gasteiger partial charge in [0.15, 0.2) is 0 Å². The fourth-order valence-electron chi connectivity index (χ4n) is 2.25. The number of nitrogens with two attached hydrogens (primary N) is 1. The van der Waals surface area contributed by atoms with Crippen molar-refractivity contribution in [1.29, 1.82) is 0 Å². The summed E-state index contributed by atoms with van der Waals surface area (Å²) in [5, 5.41) is 10.3. The number of anilines is 1. The third kappa shape index (κ3) is 5.78. The van der Waals surface area contributed by atoms with Crippen LogP contribution in [0.25, 0.3) is 0 Å². The number of nitrogens with one attached hydrogen (secondary N) is 2. The molecule has 0 aromatic heterocycles. The second-order valence-corrected chi connectivity index (χ2v) is 7.12. The summed E-state index contributed by atoms with van der Waals surface area (Å²) in [7, 11) is -3.72. The Hall–Kier alpha value is -2.52. The van der Waals surface area contributed by atoms with Gasteiger partial charge in [0, 0.05) is 19.5 Å². The Labute approximate surface area is 150 Å². The molecule has 2 aromatic rings. The van der Waals surface area contributed by atoms with Gasteiger partial charge in [0.2, 0.25) is 15.9 Å². The molecule has 0 saturated carbocycles. The van der Waals surface area contributed by atoms with Crippen LogP contribution in [0.4, 0.5) is 14.5 Å². The Balaban J connectivity index is 1.72. The molecule has 0 radical (unpaired) electrons. The highest BCUT2D eigenvalue weighted by molar-refractivity contribution is 7.89. The molecule has 0 bridgehead atoms. The van der Waals surface area contributed by atoms with Crippen LogP contribution < -0.4 is 15.8 Å². The van der Waals surface area contributed by atoms with E-state index in [-0.39, 0.29) is 29.5 Å². The van der Waals surface area contributed by atoms with E-state index in [1.54, 1.807) is 12.1 Å². The predicted molar refractivity (Wildman–Crippen MR) is 94.0 cm³/mol. The summed E-state index contributed by atoms with van der Waals surface area (Å²) in [6.45, 7) is 0.439. The Bertz CT molecular complexity index is 851. The second-order valence-electron chi connectivity index (χ2n) is 5.56. The van der Waals surface area contributed by atoms with Crippen LogP contribution in [0.15, 0.2) is 47.4 Å². The van der Waals surface area contributed by atoms with Crippen LogP contribution >= 0.6 is 0 Å². The fourth-order valence-corrected chi connectivity index (χ4v) is 2.76. The van der Waals surface area contributed by atoms with Crippen molar-refractivity contribution in [3.05, 3.63) is 59.7 Å². The zero-order valence-corrected chi connectivity index (χ0v) is 14.7. The smallest absolute Gasteiger partial charge is 0.238 e. The molecule has 0 unspecified atom stereocenters. The van der Waals surface area contributed by atoms with Crippen molar-refractivity contribution in [3.63, 3.8) is 0 Å². The molecule has 9 heteroatoms. The third-order valence-electron chi connectivity index (χ3n) is 3.60. The quantitative estimate of drug-likeness (QED) is 0.647. The molecular weight excluding hydrogens is 364 g/mol. The number of sulfonamides is 1. The minimum Gasteiger partial charge on any atom is -0.380 e. The van der Waals surface area contributed by atoms with Gasteiger partial charge in [-0.3, -0.25) is 4.79 Å². The van der Waals surface area contributed by atoms with Crippen molar-refractivity contribution in [2.24, 2.45) is 5.14 Å². The number of carbonyl (C=O) groups is 1. The molecule has 0 aliphatic rings. The van der Waals surface area contributed by atoms with Gasteiger partial charge in [-0.1, -0.05) is 18.2 Å². The molecule has 1 amide bonds. The number of amides is 1. The number of halogens is 2. The first-order valence-electron chi connectivity index (χ1n) is 7.83. The molecule has 2 rings (SSSR count). The van der Waals surface area contributed by atoms with Gasteiger partial charge in [0.05, 0.1) is 4.90 Å². The summed E-state index contributed by atoms with van der Waals surface area (Å²) in [6.07, 6.45) is 0.560. The van der Waals surface area contributed by atoms with E-state index in [0.29, 0.717) is 13.0 Å². The monoisotopic (exact) mass is 383 g/mol. The molecule has 0 heterocycles. The standard InChI is InChI=1S/C17H19F2N3O3S/c18-14-2-1-3-15(19)17(14)22-11-9-16(23)21-10-8-12-4-6-13(7-5-12)26(20,24)25/h1-7,22H,8-11H2,(H,21,23)(H2,20,24,25). The van der Waals surface area contributed by atoms with Crippen molar-refractivity contribution in [2.75, 3.05) is 18.4 Å². The van der Waals surface area contributed by atoms with Crippen molar-refractivity contribution in [1.82, 2.24) is 5.32 Å². The van der Waals surface area contributed by atoms with Gasteiger partial charge < -0.3 is 10.6 Å². The van der Waals surface area contributed by atoms with Gasteiger partial charge in [-0.05, 0) is 36.2 Å². The summed E-state index contributed by atoms with van der Waals surface area (Å²) in [5.74, 6) is -1.70. The highest BCUT2D eigenvalue weighted by Crippen LogP contribution is 2.17. The van der Waals surface area contributed by atoms with Gasteiger partial charge in [-0.2, -0.15) is 0 Å². The number of hydrogen-bond donors (Lipinski definition) is 3. The molecule has 6 nitrogen and oxygen atoms in total. The maximum atomic E-state index is 13.4. The minimum atomic E-state index is -3.72. The molecule has 140 valence electrons. The van der Waals surface area contributed by atoms with E-state index in [4.69, 9.17) is 5.14 Å². The molecule has 0 fully saturated rings. The molecular formula is C17H19F2N3O3S. The molecule has 0 atom stereocenters. The van der Waals surface area contributed by atoms with Crippen LogP contribution in [-0.4, -0.2) is 27.4 Å². The Kier molecular flexibility index (Phi) is 6.64. The highest BCUT2D eigenvalue weighted by atomic mass is 32.2. The van der Waals surface area contributed by atoms with E-state index in [0.717, 1.165) is 17.7 Å². The van der Waals surface area contributed by atoms with Crippen LogP contribution in [0.1, 0.15) is 12.0 Å². The molecule has 0 aliphatic heterocycles. The summed E-state index contributed by atoms with van der Waals surface area (Å²) < 4.78 is 49.2. The van der Waals surface area contributed by atoms with Crippen LogP contribution in [0.3, 0.4) is 0 Å². The fraction of sp³-hybridized carbons (Fsp3) is 0.235. The largest absolute Gasteiger partial charge is 0.380 e. The molecule has 26 heavy (non-hydrogen) atoms. The van der Waals surface area contributed by atoms with Crippen molar-refractivity contribution >= 4 is 21.6 Å². The van der Waals surface area contributed by atoms with Crippen LogP contribution in [-0.2, 0) is 21.2 Å². The first kappa shape index (κ1) is 19.8. The van der Waals surface area contributed by atoms with Crippen molar-refractivity contribution in [3.8, 4) is 0 Å². The van der Waals surface area contributed by atoms with Crippen LogP contribution in [0.5, 0.6) is 0 Å². The number of para-hydroxylation sites is 1. The lowest BCUT2D eigenvalue weighted by Crippen LogP contribution is -2.27. The SMILES string of the molecule is NS(=O)(=O)c1ccc(CCNC(=O)CCNc2c(F)cccc2F)cc1. The number of carbonyl (C=O) groups excluding carboxylic acids is 1. The third-order valence-corrected chi connectivity index (χ3v) is 4.53. The van der Waals surface area contributed by atoms with E-state index in [1.807, 2.05) is 0 Å². The lowest BCUT2D eigenvalue weighted by molar-refractivity contribution is -0.120. The maximum Gasteiger partial charge on any atom is 0.238 e. The van der Waals surface area contributed by atoms with Gasteiger partial charge in [0.25, 0.3) is 0 Å². The topological polar surface area (TPSA) is 101 Å². The highest BCUT2D eigenvalue weighted by Gasteiger charge is 2.09. The van der Waals surface area contributed by atoms with E-state index < -0.39 is 21.7 Å². The minimum absolute atomic E-state index is 0.0248. The first-order chi connectivity index (χ1) is 12.3. The van der Waals surface area contributed by atoms with Gasteiger partial charge in [0.1, 0.15) is 17.3 Å². The summed E-state index contributed by atoms with van der Waals surface area (Å²) >= 11 is 0. The second kappa shape index (κ2) is 8.72. The summed E-state index contributed by atoms with van der Waals surface area (Å²) in [5.41, 5.74) is 0.583.